The molecular formula is C23H31NO2Si. The van der Waals surface area contributed by atoms with Crippen LogP contribution in [0.5, 0.6) is 0 Å². The summed E-state index contributed by atoms with van der Waals surface area (Å²) < 4.78 is 6.95. The van der Waals surface area contributed by atoms with E-state index in [0.29, 0.717) is 18.9 Å². The first-order valence-corrected chi connectivity index (χ1v) is 11.8. The summed E-state index contributed by atoms with van der Waals surface area (Å²) in [5.41, 5.74) is 0. The fourth-order valence-electron chi connectivity index (χ4n) is 4.16. The Labute approximate surface area is 164 Å². The van der Waals surface area contributed by atoms with Crippen LogP contribution in [0.3, 0.4) is 0 Å². The summed E-state index contributed by atoms with van der Waals surface area (Å²) in [7, 11) is -2.54. The fourth-order valence-corrected chi connectivity index (χ4v) is 8.75. The third-order valence-corrected chi connectivity index (χ3v) is 10.8. The highest BCUT2D eigenvalue weighted by atomic mass is 28.4. The van der Waals surface area contributed by atoms with Gasteiger partial charge in [-0.15, -0.1) is 0 Å². The molecule has 1 aliphatic heterocycles. The third-order valence-electron chi connectivity index (χ3n) is 5.76. The van der Waals surface area contributed by atoms with Crippen LogP contribution >= 0.6 is 0 Å². The molecule has 144 valence electrons. The van der Waals surface area contributed by atoms with Crippen LogP contribution in [-0.4, -0.2) is 26.9 Å². The Kier molecular flexibility index (Phi) is 5.87. The molecular weight excluding hydrogens is 350 g/mol. The van der Waals surface area contributed by atoms with Crippen LogP contribution in [0.2, 0.25) is 5.04 Å². The van der Waals surface area contributed by atoms with Crippen molar-refractivity contribution in [2.24, 2.45) is 5.92 Å². The Morgan fingerprint density at radius 1 is 1.00 bits per heavy atom. The fraction of sp³-hybridized carbons (Fsp3) is 0.435. The molecule has 0 aromatic heterocycles. The van der Waals surface area contributed by atoms with E-state index in [2.05, 4.69) is 93.7 Å². The van der Waals surface area contributed by atoms with E-state index in [1.54, 1.807) is 0 Å². The van der Waals surface area contributed by atoms with Gasteiger partial charge in [0, 0.05) is 6.42 Å². The highest BCUT2D eigenvalue weighted by Crippen LogP contribution is 2.37. The zero-order valence-corrected chi connectivity index (χ0v) is 17.9. The summed E-state index contributed by atoms with van der Waals surface area (Å²) in [6.07, 6.45) is 1.55. The molecule has 0 aliphatic carbocycles. The van der Waals surface area contributed by atoms with Crippen molar-refractivity contribution in [2.45, 2.75) is 51.6 Å². The number of carbonyl (C=O) groups is 1. The molecule has 1 saturated heterocycles. The van der Waals surface area contributed by atoms with Gasteiger partial charge >= 0.3 is 0 Å². The monoisotopic (exact) mass is 381 g/mol. The third kappa shape index (κ3) is 4.02. The number of benzene rings is 2. The standard InChI is InChI=1S/C23H31NO2Si/c1-18-15-16-22(25)24-21(18)17-26-27(23(2,3)4,19-11-7-5-8-12-19)20-13-9-6-10-14-20/h5-14,18,21H,15-17H2,1-4H3,(H,24,25)/t18-,21+/m1/s1. The van der Waals surface area contributed by atoms with E-state index >= 15 is 0 Å². The first kappa shape index (κ1) is 19.8. The van der Waals surface area contributed by atoms with Gasteiger partial charge in [0.25, 0.3) is 8.32 Å². The number of nitrogens with one attached hydrogen (secondary N) is 1. The number of amides is 1. The van der Waals surface area contributed by atoms with Gasteiger partial charge in [0.05, 0.1) is 12.6 Å². The van der Waals surface area contributed by atoms with Crippen LogP contribution in [0.4, 0.5) is 0 Å². The van der Waals surface area contributed by atoms with E-state index in [1.165, 1.54) is 10.4 Å². The lowest BCUT2D eigenvalue weighted by Crippen LogP contribution is -2.67. The average molecular weight is 382 g/mol. The van der Waals surface area contributed by atoms with Gasteiger partial charge in [-0.1, -0.05) is 88.4 Å². The zero-order valence-electron chi connectivity index (χ0n) is 16.9. The summed E-state index contributed by atoms with van der Waals surface area (Å²) in [4.78, 5) is 11.9. The lowest BCUT2D eigenvalue weighted by molar-refractivity contribution is -0.124. The molecule has 2 aromatic rings. The van der Waals surface area contributed by atoms with Crippen LogP contribution < -0.4 is 15.7 Å². The van der Waals surface area contributed by atoms with E-state index in [9.17, 15) is 4.79 Å². The molecule has 2 atom stereocenters. The topological polar surface area (TPSA) is 38.3 Å². The molecule has 3 rings (SSSR count). The Morgan fingerprint density at radius 3 is 2.00 bits per heavy atom. The lowest BCUT2D eigenvalue weighted by Gasteiger charge is -2.44. The van der Waals surface area contributed by atoms with Crippen LogP contribution in [0.1, 0.15) is 40.5 Å². The van der Waals surface area contributed by atoms with Gasteiger partial charge in [0.2, 0.25) is 5.91 Å². The molecule has 1 aliphatic rings. The van der Waals surface area contributed by atoms with Crippen molar-refractivity contribution in [3.05, 3.63) is 60.7 Å². The SMILES string of the molecule is C[C@@H]1CCC(=O)N[C@H]1CO[Si](c1ccccc1)(c1ccccc1)C(C)(C)C. The first-order valence-electron chi connectivity index (χ1n) is 9.89. The first-order chi connectivity index (χ1) is 12.8. The van der Waals surface area contributed by atoms with E-state index in [1.807, 2.05) is 0 Å². The highest BCUT2D eigenvalue weighted by molar-refractivity contribution is 6.99. The molecule has 0 spiro atoms. The van der Waals surface area contributed by atoms with Crippen molar-refractivity contribution in [1.82, 2.24) is 5.32 Å². The smallest absolute Gasteiger partial charge is 0.261 e. The van der Waals surface area contributed by atoms with Gasteiger partial charge in [0.1, 0.15) is 0 Å². The minimum Gasteiger partial charge on any atom is -0.405 e. The maximum absolute atomic E-state index is 11.9. The van der Waals surface area contributed by atoms with Crippen LogP contribution in [0.25, 0.3) is 0 Å². The summed E-state index contributed by atoms with van der Waals surface area (Å²) in [6, 6.07) is 21.4. The van der Waals surface area contributed by atoms with Crippen LogP contribution in [0, 0.1) is 5.92 Å². The molecule has 1 fully saturated rings. The quantitative estimate of drug-likeness (QED) is 0.806. The second-order valence-corrected chi connectivity index (χ2v) is 13.0. The minimum atomic E-state index is -2.54. The predicted molar refractivity (Wildman–Crippen MR) is 114 cm³/mol. The molecule has 1 N–H and O–H groups in total. The van der Waals surface area contributed by atoms with Gasteiger partial charge in [0.15, 0.2) is 0 Å². The number of piperidine rings is 1. The maximum Gasteiger partial charge on any atom is 0.261 e. The van der Waals surface area contributed by atoms with Gasteiger partial charge in [-0.3, -0.25) is 4.79 Å². The molecule has 0 unspecified atom stereocenters. The van der Waals surface area contributed by atoms with Gasteiger partial charge in [-0.2, -0.15) is 0 Å². The highest BCUT2D eigenvalue weighted by Gasteiger charge is 2.50. The van der Waals surface area contributed by atoms with Gasteiger partial charge in [-0.05, 0) is 27.8 Å². The summed E-state index contributed by atoms with van der Waals surface area (Å²) in [5.74, 6) is 0.574. The summed E-state index contributed by atoms with van der Waals surface area (Å²) >= 11 is 0. The second-order valence-electron chi connectivity index (χ2n) is 8.66. The van der Waals surface area contributed by atoms with E-state index in [4.69, 9.17) is 4.43 Å². The molecule has 0 saturated carbocycles. The Morgan fingerprint density at radius 2 is 1.52 bits per heavy atom. The number of hydrogen-bond donors (Lipinski definition) is 1. The lowest BCUT2D eigenvalue weighted by atomic mass is 9.93. The molecule has 2 aromatic carbocycles. The minimum absolute atomic E-state index is 0.0440. The van der Waals surface area contributed by atoms with Gasteiger partial charge < -0.3 is 9.74 Å². The largest absolute Gasteiger partial charge is 0.405 e. The molecule has 3 nitrogen and oxygen atoms in total. The van der Waals surface area contributed by atoms with Crippen molar-refractivity contribution in [2.75, 3.05) is 6.61 Å². The van der Waals surface area contributed by atoms with Crippen molar-refractivity contribution in [1.29, 1.82) is 0 Å². The number of carbonyl (C=O) groups excluding carboxylic acids is 1. The van der Waals surface area contributed by atoms with E-state index in [0.717, 1.165) is 6.42 Å². The maximum atomic E-state index is 11.9. The van der Waals surface area contributed by atoms with Crippen molar-refractivity contribution >= 4 is 24.6 Å². The van der Waals surface area contributed by atoms with Crippen LogP contribution in [-0.2, 0) is 9.22 Å². The van der Waals surface area contributed by atoms with Crippen LogP contribution in [0.15, 0.2) is 60.7 Å². The van der Waals surface area contributed by atoms with Crippen molar-refractivity contribution in [3.8, 4) is 0 Å². The Balaban J connectivity index is 2.03. The predicted octanol–water partition coefficient (Wildman–Crippen LogP) is 3.48. The average Bonchev–Trinajstić information content (AvgIpc) is 2.65. The van der Waals surface area contributed by atoms with Gasteiger partial charge in [-0.25, -0.2) is 0 Å². The van der Waals surface area contributed by atoms with Crippen molar-refractivity contribution in [3.63, 3.8) is 0 Å². The molecule has 0 bridgehead atoms. The summed E-state index contributed by atoms with van der Waals surface area (Å²) in [5, 5.41) is 5.66. The zero-order chi connectivity index (χ0) is 19.5. The number of hydrogen-bond acceptors (Lipinski definition) is 2. The second kappa shape index (κ2) is 7.99. The Bertz CT molecular complexity index is 715. The molecule has 1 amide bonds. The van der Waals surface area contributed by atoms with E-state index < -0.39 is 8.32 Å². The Hall–Kier alpha value is -1.91. The summed E-state index contributed by atoms with van der Waals surface area (Å²) in [6.45, 7) is 9.60. The molecule has 27 heavy (non-hydrogen) atoms. The molecule has 1 heterocycles. The normalized spacial score (nSPS) is 21.0. The molecule has 0 radical (unpaired) electrons. The molecule has 4 heteroatoms. The van der Waals surface area contributed by atoms with E-state index in [-0.39, 0.29) is 17.0 Å². The van der Waals surface area contributed by atoms with Crippen molar-refractivity contribution < 1.29 is 9.22 Å². The number of rotatable bonds is 5.